The monoisotopic (exact) mass is 404 g/mol. The molecular formula is C23H28N6O. The average molecular weight is 405 g/mol. The molecule has 0 saturated carbocycles. The number of piperazine rings is 1. The van der Waals surface area contributed by atoms with Crippen LogP contribution in [0.1, 0.15) is 21.7 Å². The van der Waals surface area contributed by atoms with Crippen LogP contribution in [0.3, 0.4) is 0 Å². The van der Waals surface area contributed by atoms with Crippen LogP contribution in [0.4, 0.5) is 5.95 Å². The number of hydrogen-bond donors (Lipinski definition) is 1. The fourth-order valence-corrected chi connectivity index (χ4v) is 3.89. The number of carbonyl (C=O) groups is 1. The van der Waals surface area contributed by atoms with Gasteiger partial charge in [0.2, 0.25) is 5.95 Å². The van der Waals surface area contributed by atoms with Crippen molar-refractivity contribution in [3.8, 4) is 5.69 Å². The van der Waals surface area contributed by atoms with Crippen molar-refractivity contribution in [1.82, 2.24) is 24.8 Å². The van der Waals surface area contributed by atoms with Gasteiger partial charge in [-0.1, -0.05) is 0 Å². The number of benzene rings is 1. The Hall–Kier alpha value is -3.19. The first-order valence-electron chi connectivity index (χ1n) is 10.4. The molecule has 30 heavy (non-hydrogen) atoms. The zero-order valence-electron chi connectivity index (χ0n) is 17.6. The van der Waals surface area contributed by atoms with Crippen LogP contribution in [-0.4, -0.2) is 64.6 Å². The quantitative estimate of drug-likeness (QED) is 0.684. The van der Waals surface area contributed by atoms with Gasteiger partial charge >= 0.3 is 0 Å². The molecule has 0 spiro atoms. The van der Waals surface area contributed by atoms with Gasteiger partial charge in [0.05, 0.1) is 0 Å². The predicted octanol–water partition coefficient (Wildman–Crippen LogP) is 2.44. The number of nitrogens with zero attached hydrogens (tertiary/aromatic N) is 5. The highest BCUT2D eigenvalue weighted by Crippen LogP contribution is 2.17. The van der Waals surface area contributed by atoms with Crippen LogP contribution in [0.2, 0.25) is 0 Å². The fourth-order valence-electron chi connectivity index (χ4n) is 3.89. The van der Waals surface area contributed by atoms with E-state index in [1.807, 2.05) is 30.3 Å². The first-order valence-corrected chi connectivity index (χ1v) is 10.4. The summed E-state index contributed by atoms with van der Waals surface area (Å²) in [7, 11) is 0. The molecule has 1 aromatic carbocycles. The maximum Gasteiger partial charge on any atom is 0.251 e. The zero-order chi connectivity index (χ0) is 20.9. The smallest absolute Gasteiger partial charge is 0.251 e. The molecule has 0 atom stereocenters. The Morgan fingerprint density at radius 2 is 1.57 bits per heavy atom. The lowest BCUT2D eigenvalue weighted by Gasteiger charge is -2.34. The van der Waals surface area contributed by atoms with Gasteiger partial charge in [0.15, 0.2) is 0 Å². The van der Waals surface area contributed by atoms with Crippen LogP contribution in [0.25, 0.3) is 5.69 Å². The van der Waals surface area contributed by atoms with E-state index in [4.69, 9.17) is 0 Å². The van der Waals surface area contributed by atoms with Crippen molar-refractivity contribution in [2.45, 2.75) is 13.8 Å². The Bertz CT molecular complexity index is 955. The third kappa shape index (κ3) is 4.52. The van der Waals surface area contributed by atoms with Gasteiger partial charge in [-0.3, -0.25) is 9.69 Å². The van der Waals surface area contributed by atoms with Gasteiger partial charge in [-0.25, -0.2) is 9.97 Å². The number of rotatable bonds is 6. The molecule has 0 aliphatic carbocycles. The number of nitrogens with one attached hydrogen (secondary N) is 1. The van der Waals surface area contributed by atoms with Crippen LogP contribution in [-0.2, 0) is 0 Å². The van der Waals surface area contributed by atoms with Crippen molar-refractivity contribution in [3.05, 3.63) is 71.8 Å². The van der Waals surface area contributed by atoms with Crippen LogP contribution < -0.4 is 10.2 Å². The molecule has 7 nitrogen and oxygen atoms in total. The summed E-state index contributed by atoms with van der Waals surface area (Å²) in [4.78, 5) is 25.7. The summed E-state index contributed by atoms with van der Waals surface area (Å²) in [5, 5.41) is 3.04. The second-order valence-electron chi connectivity index (χ2n) is 7.63. The molecule has 1 saturated heterocycles. The molecule has 1 fully saturated rings. The Kier molecular flexibility index (Phi) is 6.09. The highest BCUT2D eigenvalue weighted by atomic mass is 16.1. The molecule has 1 aliphatic heterocycles. The van der Waals surface area contributed by atoms with Crippen molar-refractivity contribution in [1.29, 1.82) is 0 Å². The van der Waals surface area contributed by atoms with E-state index in [1.165, 1.54) is 11.4 Å². The molecule has 1 N–H and O–H groups in total. The minimum Gasteiger partial charge on any atom is -0.351 e. The number of hydrogen-bond acceptors (Lipinski definition) is 5. The van der Waals surface area contributed by atoms with Crippen LogP contribution in [0, 0.1) is 13.8 Å². The molecule has 0 unspecified atom stereocenters. The molecule has 4 rings (SSSR count). The Morgan fingerprint density at radius 3 is 2.20 bits per heavy atom. The average Bonchev–Trinajstić information content (AvgIpc) is 3.13. The molecule has 0 radical (unpaired) electrons. The molecule has 2 aromatic heterocycles. The van der Waals surface area contributed by atoms with Crippen molar-refractivity contribution in [2.75, 3.05) is 44.2 Å². The number of amides is 1. The van der Waals surface area contributed by atoms with E-state index >= 15 is 0 Å². The molecule has 3 aromatic rings. The van der Waals surface area contributed by atoms with Gasteiger partial charge in [-0.05, 0) is 56.3 Å². The van der Waals surface area contributed by atoms with Crippen molar-refractivity contribution in [3.63, 3.8) is 0 Å². The summed E-state index contributed by atoms with van der Waals surface area (Å²) in [6.07, 6.45) is 3.55. The zero-order valence-corrected chi connectivity index (χ0v) is 17.6. The summed E-state index contributed by atoms with van der Waals surface area (Å²) in [5.41, 5.74) is 4.13. The van der Waals surface area contributed by atoms with Gasteiger partial charge in [-0.15, -0.1) is 0 Å². The predicted molar refractivity (Wildman–Crippen MR) is 118 cm³/mol. The highest BCUT2D eigenvalue weighted by Gasteiger charge is 2.18. The SMILES string of the molecule is Cc1ccc(C)n1-c1ccc(C(=O)NCCN2CCN(c3ncccn3)CC2)cc1. The third-order valence-electron chi connectivity index (χ3n) is 5.58. The third-order valence-corrected chi connectivity index (χ3v) is 5.58. The second-order valence-corrected chi connectivity index (χ2v) is 7.63. The number of anilines is 1. The van der Waals surface area contributed by atoms with Crippen molar-refractivity contribution >= 4 is 11.9 Å². The molecule has 0 bridgehead atoms. The van der Waals surface area contributed by atoms with Crippen molar-refractivity contribution in [2.24, 2.45) is 0 Å². The molecular weight excluding hydrogens is 376 g/mol. The van der Waals surface area contributed by atoms with Gasteiger partial charge in [-0.2, -0.15) is 0 Å². The first-order chi connectivity index (χ1) is 14.6. The van der Waals surface area contributed by atoms with E-state index in [-0.39, 0.29) is 5.91 Å². The van der Waals surface area contributed by atoms with Gasteiger partial charge < -0.3 is 14.8 Å². The highest BCUT2D eigenvalue weighted by molar-refractivity contribution is 5.94. The minimum atomic E-state index is -0.0289. The van der Waals surface area contributed by atoms with E-state index in [0.29, 0.717) is 12.1 Å². The normalized spacial score (nSPS) is 14.7. The lowest BCUT2D eigenvalue weighted by atomic mass is 10.2. The lowest BCUT2D eigenvalue weighted by Crippen LogP contribution is -2.49. The minimum absolute atomic E-state index is 0.0289. The van der Waals surface area contributed by atoms with Gasteiger partial charge in [0.25, 0.3) is 5.91 Å². The van der Waals surface area contributed by atoms with E-state index in [1.54, 1.807) is 12.4 Å². The fraction of sp³-hybridized carbons (Fsp3) is 0.348. The second kappa shape index (κ2) is 9.09. The molecule has 1 amide bonds. The Balaban J connectivity index is 1.24. The largest absolute Gasteiger partial charge is 0.351 e. The maximum absolute atomic E-state index is 12.5. The van der Waals surface area contributed by atoms with Crippen LogP contribution >= 0.6 is 0 Å². The van der Waals surface area contributed by atoms with E-state index in [2.05, 4.69) is 55.6 Å². The molecule has 1 aliphatic rings. The Morgan fingerprint density at radius 1 is 0.933 bits per heavy atom. The van der Waals surface area contributed by atoms with E-state index < -0.39 is 0 Å². The van der Waals surface area contributed by atoms with E-state index in [9.17, 15) is 4.79 Å². The van der Waals surface area contributed by atoms with Crippen LogP contribution in [0.15, 0.2) is 54.9 Å². The summed E-state index contributed by atoms with van der Waals surface area (Å²) >= 11 is 0. The summed E-state index contributed by atoms with van der Waals surface area (Å²) in [6.45, 7) is 9.33. The van der Waals surface area contributed by atoms with Crippen LogP contribution in [0.5, 0.6) is 0 Å². The Labute approximate surface area is 177 Å². The summed E-state index contributed by atoms with van der Waals surface area (Å²) in [5.74, 6) is 0.762. The maximum atomic E-state index is 12.5. The van der Waals surface area contributed by atoms with Crippen molar-refractivity contribution < 1.29 is 4.79 Å². The van der Waals surface area contributed by atoms with E-state index in [0.717, 1.165) is 44.4 Å². The lowest BCUT2D eigenvalue weighted by molar-refractivity contribution is 0.0948. The number of carbonyl (C=O) groups excluding carboxylic acids is 1. The van der Waals surface area contributed by atoms with Gasteiger partial charge in [0.1, 0.15) is 0 Å². The molecule has 156 valence electrons. The molecule has 3 heterocycles. The summed E-state index contributed by atoms with van der Waals surface area (Å²) < 4.78 is 2.18. The first kappa shape index (κ1) is 20.1. The topological polar surface area (TPSA) is 66.3 Å². The number of aryl methyl sites for hydroxylation is 2. The number of aromatic nitrogens is 3. The standard InChI is InChI=1S/C23H28N6O/c1-18-4-5-19(2)29(18)21-8-6-20(7-9-21)22(30)24-12-13-27-14-16-28(17-15-27)23-25-10-3-11-26-23/h3-11H,12-17H2,1-2H3,(H,24,30). The molecule has 7 heteroatoms. The summed E-state index contributed by atoms with van der Waals surface area (Å²) in [6, 6.07) is 13.8. The van der Waals surface area contributed by atoms with Gasteiger partial charge in [0, 0.05) is 74.3 Å².